The van der Waals surface area contributed by atoms with Crippen molar-refractivity contribution < 1.29 is 14.2 Å². The van der Waals surface area contributed by atoms with Gasteiger partial charge in [-0.1, -0.05) is 0 Å². The van der Waals surface area contributed by atoms with Gasteiger partial charge in [0.15, 0.2) is 0 Å². The van der Waals surface area contributed by atoms with Crippen LogP contribution in [0.2, 0.25) is 0 Å². The first-order chi connectivity index (χ1) is 37.7. The van der Waals surface area contributed by atoms with E-state index in [9.17, 15) is 0 Å². The summed E-state index contributed by atoms with van der Waals surface area (Å²) >= 11 is -1.84. The molecule has 3 aliphatic rings. The van der Waals surface area contributed by atoms with Gasteiger partial charge in [0.2, 0.25) is 0 Å². The third-order valence-electron chi connectivity index (χ3n) is 14.8. The van der Waals surface area contributed by atoms with E-state index >= 15 is 0 Å². The molecule has 3 fully saturated rings. The Morgan fingerprint density at radius 3 is 0.725 bits per heavy atom. The summed E-state index contributed by atoms with van der Waals surface area (Å²) in [5.41, 5.74) is 15.6. The summed E-state index contributed by atoms with van der Waals surface area (Å²) in [6.07, 6.45) is 7.67. The van der Waals surface area contributed by atoms with Crippen LogP contribution in [0.3, 0.4) is 0 Å². The monoisotopic (exact) mass is 1230 g/mol. The number of benzene rings is 4. The van der Waals surface area contributed by atoms with E-state index < -0.39 is 29.0 Å². The van der Waals surface area contributed by atoms with E-state index in [1.807, 2.05) is 0 Å². The van der Waals surface area contributed by atoms with Crippen molar-refractivity contribution >= 4 is 71.9 Å². The summed E-state index contributed by atoms with van der Waals surface area (Å²) < 4.78 is 20.4. The van der Waals surface area contributed by atoms with Crippen LogP contribution in [0.15, 0.2) is 82.8 Å². The minimum atomic E-state index is -0.919. The Labute approximate surface area is 506 Å². The Hall–Kier alpha value is -2.86. The van der Waals surface area contributed by atoms with Gasteiger partial charge in [-0.15, -0.1) is 0 Å². The summed E-state index contributed by atoms with van der Waals surface area (Å²) in [6, 6.07) is 27.8. The first-order valence-corrected chi connectivity index (χ1v) is 38.7. The number of ether oxygens (including phenoxy) is 3. The molecular weight excluding hydrogens is 1120 g/mol. The van der Waals surface area contributed by atoms with Crippen molar-refractivity contribution in [2.24, 2.45) is 20.8 Å². The quantitative estimate of drug-likeness (QED) is 0.0633. The second-order valence-corrected chi connectivity index (χ2v) is 39.4. The molecule has 7 nitrogen and oxygen atoms in total. The number of hydrogen-bond acceptors (Lipinski definition) is 6. The van der Waals surface area contributed by atoms with Crippen LogP contribution >= 0.6 is 8.41 Å². The molecule has 4 aromatic carbocycles. The molecule has 0 spiro atoms. The number of amidine groups is 2. The van der Waals surface area contributed by atoms with Crippen molar-refractivity contribution in [1.29, 1.82) is 0 Å². The molecule has 4 aromatic rings. The van der Waals surface area contributed by atoms with E-state index in [0.29, 0.717) is 47.3 Å². The molecule has 0 saturated carbocycles. The van der Waals surface area contributed by atoms with Crippen LogP contribution < -0.4 is 7.71 Å². The van der Waals surface area contributed by atoms with E-state index in [4.69, 9.17) is 24.2 Å². The molecule has 442 valence electrons. The molecule has 0 bridgehead atoms. The number of para-hydroxylation sites is 4. The van der Waals surface area contributed by atoms with Crippen molar-refractivity contribution in [2.45, 2.75) is 238 Å². The van der Waals surface area contributed by atoms with Gasteiger partial charge in [0.1, 0.15) is 0 Å². The first kappa shape index (κ1) is 69.6. The fourth-order valence-corrected chi connectivity index (χ4v) is 24.4. The van der Waals surface area contributed by atoms with Crippen LogP contribution in [0.4, 0.5) is 22.7 Å². The third kappa shape index (κ3) is 20.4. The van der Waals surface area contributed by atoms with Crippen molar-refractivity contribution in [3.05, 3.63) is 117 Å². The molecule has 0 unspecified atom stereocenters. The zero-order valence-electron chi connectivity index (χ0n) is 54.5. The Bertz CT molecular complexity index is 2230. The average Bonchev–Trinajstić information content (AvgIpc) is 4.26. The average molecular weight is 1230 g/mol. The standard InChI is InChI=1S/C58H86Ge2N4S.3C4H8O/c1-35(2)43-27-23-28-44(36(3)4)51(43)61-55(57(17,18)19)63(53-47(39(9)10)31-25-32-48(53)40(11)12)59-65-60-64(54-49(41(13)14)33-26-34-50(54)42(15)16)56(58(20,21)22)62-52-45(37(5)6)29-24-30-46(52)38(7)8;3*1-2-4-5-3-1/h23-42H,1-22H3;3*1-4H2. The third-order valence-corrected chi connectivity index (χ3v) is 26.6. The second-order valence-electron chi connectivity index (χ2n) is 26.7. The molecule has 80 heavy (non-hydrogen) atoms. The molecule has 3 aliphatic heterocycles. The van der Waals surface area contributed by atoms with Gasteiger partial charge in [0.25, 0.3) is 0 Å². The van der Waals surface area contributed by atoms with Gasteiger partial charge in [-0.25, -0.2) is 0 Å². The second kappa shape index (κ2) is 33.6. The van der Waals surface area contributed by atoms with Gasteiger partial charge in [-0.3, -0.25) is 0 Å². The summed E-state index contributed by atoms with van der Waals surface area (Å²) in [6.45, 7) is 57.8. The Morgan fingerprint density at radius 2 is 0.562 bits per heavy atom. The van der Waals surface area contributed by atoms with Crippen molar-refractivity contribution in [1.82, 2.24) is 0 Å². The van der Waals surface area contributed by atoms with Gasteiger partial charge in [-0.05, 0) is 38.5 Å². The molecule has 3 heterocycles. The molecular formula is C70H110Ge2N4O3S. The number of anilines is 2. The van der Waals surface area contributed by atoms with Crippen LogP contribution in [-0.2, 0) is 14.2 Å². The Balaban J connectivity index is 0.000000786. The number of rotatable bonds is 16. The molecule has 0 N–H and O–H groups in total. The van der Waals surface area contributed by atoms with E-state index in [2.05, 4.69) is 241 Å². The van der Waals surface area contributed by atoms with E-state index in [-0.39, 0.29) is 10.8 Å². The van der Waals surface area contributed by atoms with Crippen LogP contribution in [-0.4, -0.2) is 80.3 Å². The van der Waals surface area contributed by atoms with E-state index in [1.165, 1.54) is 106 Å². The van der Waals surface area contributed by atoms with E-state index in [0.717, 1.165) is 51.0 Å². The summed E-state index contributed by atoms with van der Waals surface area (Å²) in [4.78, 5) is 12.0. The fourth-order valence-electron chi connectivity index (χ4n) is 10.2. The van der Waals surface area contributed by atoms with Gasteiger partial charge in [-0.2, -0.15) is 0 Å². The zero-order valence-corrected chi connectivity index (χ0v) is 59.5. The maximum absolute atomic E-state index is 6.00. The SMILES string of the molecule is C1CCOC1.C1CCOC1.C1CCOC1.CC(C)c1cccc(C(C)C)c1N=C([N]([Ge][S][Ge][N](C(=Nc1c(C(C)C)cccc1C(C)C)C(C)(C)C)c1c(C(C)C)cccc1C(C)C)c1c(C(C)C)cccc1C(C)C)C(C)(C)C. The van der Waals surface area contributed by atoms with Crippen molar-refractivity contribution in [2.75, 3.05) is 47.4 Å². The number of nitrogens with zero attached hydrogens (tertiary/aromatic N) is 4. The molecule has 3 saturated heterocycles. The fraction of sp³-hybridized carbons (Fsp3) is 0.629. The Kier molecular flexibility index (Phi) is 29.2. The summed E-state index contributed by atoms with van der Waals surface area (Å²) in [7, 11) is 2.23. The van der Waals surface area contributed by atoms with Gasteiger partial charge < -0.3 is 14.2 Å². The molecule has 7 rings (SSSR count). The normalized spacial score (nSPS) is 15.3. The van der Waals surface area contributed by atoms with Crippen LogP contribution in [0, 0.1) is 10.8 Å². The van der Waals surface area contributed by atoms with E-state index in [1.54, 1.807) is 0 Å². The van der Waals surface area contributed by atoms with Crippen molar-refractivity contribution in [3.63, 3.8) is 0 Å². The van der Waals surface area contributed by atoms with Crippen LogP contribution in [0.25, 0.3) is 0 Å². The maximum atomic E-state index is 6.00. The number of hydrogen-bond donors (Lipinski definition) is 0. The molecule has 0 atom stereocenters. The predicted octanol–water partition coefficient (Wildman–Crippen LogP) is 20.7. The van der Waals surface area contributed by atoms with Crippen LogP contribution in [0.1, 0.15) is 283 Å². The number of aliphatic imine (C=N–C) groups is 2. The van der Waals surface area contributed by atoms with Gasteiger partial charge in [0, 0.05) is 39.6 Å². The zero-order chi connectivity index (χ0) is 59.5. The molecule has 0 amide bonds. The van der Waals surface area contributed by atoms with Gasteiger partial charge >= 0.3 is 417 Å². The Morgan fingerprint density at radius 1 is 0.362 bits per heavy atom. The summed E-state index contributed by atoms with van der Waals surface area (Å²) in [5, 5.41) is 0. The molecule has 10 heteroatoms. The summed E-state index contributed by atoms with van der Waals surface area (Å²) in [5.74, 6) is 5.18. The minimum absolute atomic E-state index is 0.235. The molecule has 0 aromatic heterocycles. The van der Waals surface area contributed by atoms with Crippen LogP contribution in [0.5, 0.6) is 0 Å². The molecule has 4 radical (unpaired) electrons. The first-order valence-electron chi connectivity index (χ1n) is 30.9. The molecule has 0 aliphatic carbocycles. The van der Waals surface area contributed by atoms with Gasteiger partial charge in [0.05, 0.1) is 0 Å². The predicted molar refractivity (Wildman–Crippen MR) is 356 cm³/mol. The van der Waals surface area contributed by atoms with Crippen molar-refractivity contribution in [3.8, 4) is 0 Å². The topological polar surface area (TPSA) is 58.9 Å².